The predicted octanol–water partition coefficient (Wildman–Crippen LogP) is 0.551. The molecule has 13 heavy (non-hydrogen) atoms. The normalized spacial score (nSPS) is 9.69. The zero-order valence-corrected chi connectivity index (χ0v) is 7.35. The van der Waals surface area contributed by atoms with Crippen molar-refractivity contribution in [2.75, 3.05) is 19.0 Å². The summed E-state index contributed by atoms with van der Waals surface area (Å²) in [5.41, 5.74) is -0.328. The Morgan fingerprint density at radius 1 is 1.46 bits per heavy atom. The number of nitrogens with zero attached hydrogens (tertiary/aromatic N) is 2. The Bertz CT molecular complexity index is 336. The molecule has 0 fully saturated rings. The van der Waals surface area contributed by atoms with E-state index in [1.165, 1.54) is 6.07 Å². The van der Waals surface area contributed by atoms with Gasteiger partial charge in [-0.3, -0.25) is 0 Å². The number of aromatic carboxylic acids is 1. The van der Waals surface area contributed by atoms with E-state index in [2.05, 4.69) is 4.98 Å². The van der Waals surface area contributed by atoms with Crippen LogP contribution in [-0.4, -0.2) is 35.3 Å². The third-order valence-electron chi connectivity index (χ3n) is 1.52. The minimum atomic E-state index is -1.23. The van der Waals surface area contributed by atoms with Gasteiger partial charge in [-0.15, -0.1) is 0 Å². The van der Waals surface area contributed by atoms with Crippen LogP contribution in [0.25, 0.3) is 0 Å². The first-order valence-electron chi connectivity index (χ1n) is 3.63. The van der Waals surface area contributed by atoms with Gasteiger partial charge in [0.2, 0.25) is 0 Å². The number of aromatic nitrogens is 1. The summed E-state index contributed by atoms with van der Waals surface area (Å²) in [5, 5.41) is 17.8. The zero-order valence-electron chi connectivity index (χ0n) is 7.35. The van der Waals surface area contributed by atoms with Crippen molar-refractivity contribution in [3.05, 3.63) is 17.8 Å². The second-order valence-corrected chi connectivity index (χ2v) is 2.74. The maximum atomic E-state index is 10.6. The molecule has 0 saturated carbocycles. The minimum absolute atomic E-state index is 0.321. The monoisotopic (exact) mass is 182 g/mol. The topological polar surface area (TPSA) is 73.7 Å². The number of anilines is 1. The molecule has 5 nitrogen and oxygen atoms in total. The van der Waals surface area contributed by atoms with Crippen LogP contribution in [0.1, 0.15) is 10.5 Å². The molecule has 0 radical (unpaired) electrons. The van der Waals surface area contributed by atoms with Crippen LogP contribution in [0.5, 0.6) is 5.75 Å². The van der Waals surface area contributed by atoms with Crippen molar-refractivity contribution < 1.29 is 15.0 Å². The smallest absolute Gasteiger partial charge is 0.358 e. The lowest BCUT2D eigenvalue weighted by Crippen LogP contribution is -2.12. The van der Waals surface area contributed by atoms with Gasteiger partial charge in [-0.1, -0.05) is 0 Å². The van der Waals surface area contributed by atoms with Gasteiger partial charge in [0.25, 0.3) is 0 Å². The number of carboxylic acid groups (broad SMARTS) is 1. The van der Waals surface area contributed by atoms with Gasteiger partial charge >= 0.3 is 5.97 Å². The van der Waals surface area contributed by atoms with E-state index in [0.29, 0.717) is 5.82 Å². The first kappa shape index (κ1) is 9.31. The number of hydrogen-bond acceptors (Lipinski definition) is 4. The highest BCUT2D eigenvalue weighted by Crippen LogP contribution is 2.18. The molecule has 1 aromatic heterocycles. The molecule has 70 valence electrons. The lowest BCUT2D eigenvalue weighted by molar-refractivity contribution is 0.0687. The molecule has 0 aliphatic carbocycles. The summed E-state index contributed by atoms with van der Waals surface area (Å²) in [6.45, 7) is 0. The van der Waals surface area contributed by atoms with E-state index in [0.717, 1.165) is 0 Å². The van der Waals surface area contributed by atoms with Crippen molar-refractivity contribution in [2.45, 2.75) is 0 Å². The lowest BCUT2D eigenvalue weighted by Gasteiger charge is -2.11. The van der Waals surface area contributed by atoms with Crippen molar-refractivity contribution in [1.29, 1.82) is 0 Å². The molecule has 0 aliphatic heterocycles. The zero-order chi connectivity index (χ0) is 10.0. The molecule has 0 bridgehead atoms. The average Bonchev–Trinajstić information content (AvgIpc) is 2.04. The molecule has 0 aromatic carbocycles. The first-order chi connectivity index (χ1) is 6.02. The van der Waals surface area contributed by atoms with Crippen molar-refractivity contribution in [2.24, 2.45) is 0 Å². The molecule has 5 heteroatoms. The van der Waals surface area contributed by atoms with E-state index in [1.54, 1.807) is 25.1 Å². The van der Waals surface area contributed by atoms with Crippen LogP contribution in [-0.2, 0) is 0 Å². The van der Waals surface area contributed by atoms with E-state index >= 15 is 0 Å². The fourth-order valence-electron chi connectivity index (χ4n) is 0.848. The number of hydrogen-bond donors (Lipinski definition) is 2. The van der Waals surface area contributed by atoms with Gasteiger partial charge in [-0.25, -0.2) is 9.78 Å². The second-order valence-electron chi connectivity index (χ2n) is 2.74. The summed E-state index contributed by atoms with van der Waals surface area (Å²) < 4.78 is 0. The van der Waals surface area contributed by atoms with Crippen LogP contribution in [0.3, 0.4) is 0 Å². The average molecular weight is 182 g/mol. The Morgan fingerprint density at radius 3 is 2.54 bits per heavy atom. The van der Waals surface area contributed by atoms with Crippen molar-refractivity contribution in [3.63, 3.8) is 0 Å². The van der Waals surface area contributed by atoms with Gasteiger partial charge in [0.15, 0.2) is 5.69 Å². The number of pyridine rings is 1. The fourth-order valence-corrected chi connectivity index (χ4v) is 0.848. The molecule has 0 spiro atoms. The van der Waals surface area contributed by atoms with Crippen LogP contribution in [0.2, 0.25) is 0 Å². The third-order valence-corrected chi connectivity index (χ3v) is 1.52. The standard InChI is InChI=1S/C8H10N2O3/c1-10(2)6-4-3-5(11)7(9-6)8(12)13/h3-4,11H,1-2H3,(H,12,13). The Kier molecular flexibility index (Phi) is 2.36. The van der Waals surface area contributed by atoms with E-state index in [4.69, 9.17) is 10.2 Å². The Hall–Kier alpha value is -1.78. The summed E-state index contributed by atoms with van der Waals surface area (Å²) in [6, 6.07) is 2.85. The second kappa shape index (κ2) is 3.30. The number of carbonyl (C=O) groups is 1. The summed E-state index contributed by atoms with van der Waals surface area (Å²) in [4.78, 5) is 16.0. The highest BCUT2D eigenvalue weighted by Gasteiger charge is 2.12. The van der Waals surface area contributed by atoms with Crippen LogP contribution < -0.4 is 4.90 Å². The fraction of sp³-hybridized carbons (Fsp3) is 0.250. The molecule has 0 amide bonds. The van der Waals surface area contributed by atoms with E-state index in [1.807, 2.05) is 0 Å². The molecule has 0 unspecified atom stereocenters. The largest absolute Gasteiger partial charge is 0.505 e. The maximum Gasteiger partial charge on any atom is 0.358 e. The molecule has 0 aliphatic rings. The number of rotatable bonds is 2. The summed E-state index contributed by atoms with van der Waals surface area (Å²) in [7, 11) is 3.48. The minimum Gasteiger partial charge on any atom is -0.505 e. The van der Waals surface area contributed by atoms with Crippen molar-refractivity contribution in [3.8, 4) is 5.75 Å². The van der Waals surface area contributed by atoms with Gasteiger partial charge in [-0.2, -0.15) is 0 Å². The summed E-state index contributed by atoms with van der Waals surface area (Å²) in [6.07, 6.45) is 0. The predicted molar refractivity (Wildman–Crippen MR) is 47.2 cm³/mol. The highest BCUT2D eigenvalue weighted by molar-refractivity contribution is 5.88. The molecular formula is C8H10N2O3. The number of aromatic hydroxyl groups is 1. The Labute approximate surface area is 75.3 Å². The maximum absolute atomic E-state index is 10.6. The molecular weight excluding hydrogens is 172 g/mol. The van der Waals surface area contributed by atoms with Crippen LogP contribution in [0.15, 0.2) is 12.1 Å². The molecule has 1 aromatic rings. The van der Waals surface area contributed by atoms with Crippen molar-refractivity contribution in [1.82, 2.24) is 4.98 Å². The summed E-state index contributed by atoms with van der Waals surface area (Å²) >= 11 is 0. The highest BCUT2D eigenvalue weighted by atomic mass is 16.4. The van der Waals surface area contributed by atoms with Crippen molar-refractivity contribution >= 4 is 11.8 Å². The van der Waals surface area contributed by atoms with Gasteiger partial charge < -0.3 is 15.1 Å². The molecule has 1 rings (SSSR count). The van der Waals surface area contributed by atoms with Gasteiger partial charge in [0.1, 0.15) is 11.6 Å². The first-order valence-corrected chi connectivity index (χ1v) is 3.63. The Morgan fingerprint density at radius 2 is 2.08 bits per heavy atom. The third kappa shape index (κ3) is 1.87. The molecule has 0 saturated heterocycles. The van der Waals surface area contributed by atoms with Gasteiger partial charge in [0.05, 0.1) is 0 Å². The van der Waals surface area contributed by atoms with Crippen LogP contribution in [0.4, 0.5) is 5.82 Å². The number of carboxylic acids is 1. The van der Waals surface area contributed by atoms with Gasteiger partial charge in [-0.05, 0) is 12.1 Å². The SMILES string of the molecule is CN(C)c1ccc(O)c(C(=O)O)n1. The van der Waals surface area contributed by atoms with E-state index in [-0.39, 0.29) is 11.4 Å². The Balaban J connectivity index is 3.19. The summed E-state index contributed by atoms with van der Waals surface area (Å²) in [5.74, 6) is -1.06. The molecule has 2 N–H and O–H groups in total. The quantitative estimate of drug-likeness (QED) is 0.698. The molecule has 1 heterocycles. The van der Waals surface area contributed by atoms with E-state index < -0.39 is 5.97 Å². The van der Waals surface area contributed by atoms with Crippen LogP contribution >= 0.6 is 0 Å². The van der Waals surface area contributed by atoms with Gasteiger partial charge in [0, 0.05) is 14.1 Å². The van der Waals surface area contributed by atoms with Crippen LogP contribution in [0, 0.1) is 0 Å². The molecule has 0 atom stereocenters. The van der Waals surface area contributed by atoms with E-state index in [9.17, 15) is 4.79 Å². The lowest BCUT2D eigenvalue weighted by atomic mass is 10.3.